The van der Waals surface area contributed by atoms with Gasteiger partial charge >= 0.3 is 0 Å². The zero-order chi connectivity index (χ0) is 17.6. The molecule has 1 heterocycles. The first kappa shape index (κ1) is 19.0. The zero-order valence-electron chi connectivity index (χ0n) is 14.7. The largest absolute Gasteiger partial charge is 0.493 e. The lowest BCUT2D eigenvalue weighted by molar-refractivity contribution is 0.164. The van der Waals surface area contributed by atoms with E-state index in [9.17, 15) is 8.42 Å². The third kappa shape index (κ3) is 4.84. The minimum atomic E-state index is -3.22. The molecule has 0 spiro atoms. The monoisotopic (exact) mass is 356 g/mol. The van der Waals surface area contributed by atoms with Gasteiger partial charge in [-0.25, -0.2) is 13.1 Å². The van der Waals surface area contributed by atoms with Gasteiger partial charge in [0, 0.05) is 12.6 Å². The summed E-state index contributed by atoms with van der Waals surface area (Å²) in [6.45, 7) is 3.97. The van der Waals surface area contributed by atoms with Crippen LogP contribution >= 0.6 is 0 Å². The lowest BCUT2D eigenvalue weighted by Gasteiger charge is -2.35. The van der Waals surface area contributed by atoms with Crippen LogP contribution in [0.4, 0.5) is 0 Å². The number of benzene rings is 1. The van der Waals surface area contributed by atoms with Crippen LogP contribution in [-0.2, 0) is 10.0 Å². The van der Waals surface area contributed by atoms with Gasteiger partial charge in [-0.05, 0) is 50.6 Å². The maximum Gasteiger partial charge on any atom is 0.211 e. The van der Waals surface area contributed by atoms with Crippen molar-refractivity contribution in [1.29, 1.82) is 0 Å². The summed E-state index contributed by atoms with van der Waals surface area (Å²) >= 11 is 0. The Kier molecular flexibility index (Phi) is 6.89. The van der Waals surface area contributed by atoms with Gasteiger partial charge in [-0.3, -0.25) is 4.90 Å². The second kappa shape index (κ2) is 8.69. The minimum Gasteiger partial charge on any atom is -0.493 e. The van der Waals surface area contributed by atoms with Gasteiger partial charge in [-0.1, -0.05) is 12.5 Å². The van der Waals surface area contributed by atoms with Crippen molar-refractivity contribution in [3.8, 4) is 11.5 Å². The first-order valence-electron chi connectivity index (χ1n) is 8.44. The zero-order valence-corrected chi connectivity index (χ0v) is 15.6. The number of rotatable bonds is 8. The Bertz CT molecular complexity index is 627. The Morgan fingerprint density at radius 1 is 1.12 bits per heavy atom. The number of likely N-dealkylation sites (tertiary alicyclic amines) is 1. The van der Waals surface area contributed by atoms with Gasteiger partial charge in [0.25, 0.3) is 0 Å². The molecule has 0 aromatic heterocycles. The maximum atomic E-state index is 11.9. The second-order valence-corrected chi connectivity index (χ2v) is 8.07. The minimum absolute atomic E-state index is 0.00793. The number of ether oxygens (including phenoxy) is 2. The summed E-state index contributed by atoms with van der Waals surface area (Å²) in [7, 11) is -0.00771. The summed E-state index contributed by atoms with van der Waals surface area (Å²) < 4.78 is 37.2. The van der Waals surface area contributed by atoms with Gasteiger partial charge in [0.15, 0.2) is 11.5 Å². The van der Waals surface area contributed by atoms with E-state index < -0.39 is 10.0 Å². The van der Waals surface area contributed by atoms with E-state index in [1.54, 1.807) is 21.1 Å². The van der Waals surface area contributed by atoms with Crippen molar-refractivity contribution in [1.82, 2.24) is 9.62 Å². The Morgan fingerprint density at radius 3 is 2.38 bits per heavy atom. The van der Waals surface area contributed by atoms with E-state index in [1.807, 2.05) is 18.2 Å². The van der Waals surface area contributed by atoms with Crippen molar-refractivity contribution in [2.24, 2.45) is 0 Å². The standard InChI is InChI=1S/C17H28N2O4S/c1-4-24(20,21)18-13-15(19-10-6-5-7-11-19)14-8-9-16(22-2)17(12-14)23-3/h8-9,12,15,18H,4-7,10-11,13H2,1-3H3. The summed E-state index contributed by atoms with van der Waals surface area (Å²) in [5.74, 6) is 1.43. The molecule has 0 bridgehead atoms. The Morgan fingerprint density at radius 2 is 1.79 bits per heavy atom. The van der Waals surface area contributed by atoms with Crippen molar-refractivity contribution in [2.45, 2.75) is 32.2 Å². The van der Waals surface area contributed by atoms with Crippen molar-refractivity contribution >= 4 is 10.0 Å². The van der Waals surface area contributed by atoms with Crippen LogP contribution in [0, 0.1) is 0 Å². The highest BCUT2D eigenvalue weighted by molar-refractivity contribution is 7.89. The fourth-order valence-electron chi connectivity index (χ4n) is 3.06. The SMILES string of the molecule is CCS(=O)(=O)NCC(c1ccc(OC)c(OC)c1)N1CCCCC1. The summed E-state index contributed by atoms with van der Waals surface area (Å²) in [5.41, 5.74) is 1.04. The third-order valence-corrected chi connectivity index (χ3v) is 5.87. The summed E-state index contributed by atoms with van der Waals surface area (Å²) in [5, 5.41) is 0. The van der Waals surface area contributed by atoms with Crippen molar-refractivity contribution < 1.29 is 17.9 Å². The highest BCUT2D eigenvalue weighted by Gasteiger charge is 2.24. The van der Waals surface area contributed by atoms with E-state index in [0.29, 0.717) is 18.0 Å². The van der Waals surface area contributed by atoms with Gasteiger partial charge in [0.1, 0.15) is 0 Å². The lowest BCUT2D eigenvalue weighted by atomic mass is 10.0. The van der Waals surface area contributed by atoms with E-state index in [-0.39, 0.29) is 11.8 Å². The molecule has 1 aliphatic rings. The second-order valence-electron chi connectivity index (χ2n) is 5.98. The van der Waals surface area contributed by atoms with Crippen LogP contribution in [0.15, 0.2) is 18.2 Å². The number of sulfonamides is 1. The summed E-state index contributed by atoms with van der Waals surface area (Å²) in [6.07, 6.45) is 3.52. The highest BCUT2D eigenvalue weighted by Crippen LogP contribution is 2.32. The maximum absolute atomic E-state index is 11.9. The van der Waals surface area contributed by atoms with Crippen LogP contribution in [0.1, 0.15) is 37.8 Å². The molecule has 0 aliphatic carbocycles. The van der Waals surface area contributed by atoms with Gasteiger partial charge in [-0.2, -0.15) is 0 Å². The molecule has 1 aliphatic heterocycles. The van der Waals surface area contributed by atoms with Gasteiger partial charge in [0.2, 0.25) is 10.0 Å². The topological polar surface area (TPSA) is 67.9 Å². The van der Waals surface area contributed by atoms with Crippen molar-refractivity contribution in [3.05, 3.63) is 23.8 Å². The molecule has 1 fully saturated rings. The fourth-order valence-corrected chi connectivity index (χ4v) is 3.67. The number of nitrogens with one attached hydrogen (secondary N) is 1. The molecule has 136 valence electrons. The predicted molar refractivity (Wildman–Crippen MR) is 95.2 cm³/mol. The number of piperidine rings is 1. The van der Waals surface area contributed by atoms with E-state index >= 15 is 0 Å². The molecule has 7 heteroatoms. The van der Waals surface area contributed by atoms with E-state index in [1.165, 1.54) is 6.42 Å². The first-order valence-corrected chi connectivity index (χ1v) is 10.1. The van der Waals surface area contributed by atoms with Crippen LogP contribution in [0.3, 0.4) is 0 Å². The molecule has 0 radical (unpaired) electrons. The lowest BCUT2D eigenvalue weighted by Crippen LogP contribution is -2.41. The number of hydrogen-bond donors (Lipinski definition) is 1. The van der Waals surface area contributed by atoms with E-state index in [2.05, 4.69) is 9.62 Å². The van der Waals surface area contributed by atoms with E-state index in [4.69, 9.17) is 9.47 Å². The highest BCUT2D eigenvalue weighted by atomic mass is 32.2. The Labute approximate surface area is 145 Å². The molecule has 1 atom stereocenters. The number of nitrogens with zero attached hydrogens (tertiary/aromatic N) is 1. The summed E-state index contributed by atoms with van der Waals surface area (Å²) in [4.78, 5) is 2.35. The molecule has 0 amide bonds. The molecule has 24 heavy (non-hydrogen) atoms. The van der Waals surface area contributed by atoms with Crippen LogP contribution in [0.25, 0.3) is 0 Å². The quantitative estimate of drug-likeness (QED) is 0.773. The van der Waals surface area contributed by atoms with Crippen molar-refractivity contribution in [3.63, 3.8) is 0 Å². The van der Waals surface area contributed by atoms with E-state index in [0.717, 1.165) is 31.5 Å². The van der Waals surface area contributed by atoms with Crippen molar-refractivity contribution in [2.75, 3.05) is 39.6 Å². The molecule has 1 unspecified atom stereocenters. The van der Waals surface area contributed by atoms with Crippen LogP contribution in [0.5, 0.6) is 11.5 Å². The molecular formula is C17H28N2O4S. The first-order chi connectivity index (χ1) is 11.5. The van der Waals surface area contributed by atoms with Gasteiger partial charge in [-0.15, -0.1) is 0 Å². The van der Waals surface area contributed by atoms with Gasteiger partial charge in [0.05, 0.1) is 20.0 Å². The van der Waals surface area contributed by atoms with Crippen LogP contribution in [0.2, 0.25) is 0 Å². The Balaban J connectivity index is 2.27. The Hall–Kier alpha value is -1.31. The predicted octanol–water partition coefficient (Wildman–Crippen LogP) is 2.17. The molecule has 6 nitrogen and oxygen atoms in total. The van der Waals surface area contributed by atoms with Crippen LogP contribution in [-0.4, -0.2) is 52.9 Å². The molecule has 0 saturated carbocycles. The van der Waals surface area contributed by atoms with Crippen LogP contribution < -0.4 is 14.2 Å². The third-order valence-electron chi connectivity index (χ3n) is 4.50. The summed E-state index contributed by atoms with van der Waals surface area (Å²) in [6, 6.07) is 5.80. The number of methoxy groups -OCH3 is 2. The molecule has 1 aromatic rings. The molecule has 1 N–H and O–H groups in total. The smallest absolute Gasteiger partial charge is 0.211 e. The average Bonchev–Trinajstić information content (AvgIpc) is 2.62. The molecular weight excluding hydrogens is 328 g/mol. The number of hydrogen-bond acceptors (Lipinski definition) is 5. The average molecular weight is 356 g/mol. The van der Waals surface area contributed by atoms with Gasteiger partial charge < -0.3 is 9.47 Å². The normalized spacial score (nSPS) is 17.5. The molecule has 1 aromatic carbocycles. The molecule has 2 rings (SSSR count). The fraction of sp³-hybridized carbons (Fsp3) is 0.647. The molecule has 1 saturated heterocycles.